The standard InChI is InChI=1S/C13H23N3S/c1-4-5-11-6-15-13(2,3)9-16(11)8-12-7-14-10-17-12/h7,10-11,15H,4-6,8-9H2,1-3H3. The van der Waals surface area contributed by atoms with E-state index < -0.39 is 0 Å². The van der Waals surface area contributed by atoms with Gasteiger partial charge in [0.15, 0.2) is 0 Å². The summed E-state index contributed by atoms with van der Waals surface area (Å²) in [5, 5.41) is 3.65. The minimum atomic E-state index is 0.231. The van der Waals surface area contributed by atoms with Crippen LogP contribution in [0.15, 0.2) is 11.7 Å². The smallest absolute Gasteiger partial charge is 0.0794 e. The second-order valence-electron chi connectivity index (χ2n) is 5.58. The van der Waals surface area contributed by atoms with Crippen LogP contribution in [0.1, 0.15) is 38.5 Å². The summed E-state index contributed by atoms with van der Waals surface area (Å²) < 4.78 is 0. The number of nitrogens with one attached hydrogen (secondary N) is 1. The lowest BCUT2D eigenvalue weighted by atomic mass is 9.96. The van der Waals surface area contributed by atoms with Crippen molar-refractivity contribution in [3.63, 3.8) is 0 Å². The first kappa shape index (κ1) is 13.0. The van der Waals surface area contributed by atoms with Crippen molar-refractivity contribution in [2.24, 2.45) is 0 Å². The molecule has 0 aliphatic carbocycles. The van der Waals surface area contributed by atoms with E-state index in [2.05, 4.69) is 36.0 Å². The van der Waals surface area contributed by atoms with Gasteiger partial charge in [-0.25, -0.2) is 0 Å². The SMILES string of the molecule is CCCC1CNC(C)(C)CN1Cc1cncs1. The Labute approximate surface area is 108 Å². The number of nitrogens with zero attached hydrogens (tertiary/aromatic N) is 2. The molecule has 2 rings (SSSR count). The zero-order chi connectivity index (χ0) is 12.3. The van der Waals surface area contributed by atoms with E-state index in [0.29, 0.717) is 6.04 Å². The van der Waals surface area contributed by atoms with E-state index in [9.17, 15) is 0 Å². The zero-order valence-corrected chi connectivity index (χ0v) is 11.9. The number of piperazine rings is 1. The van der Waals surface area contributed by atoms with Gasteiger partial charge < -0.3 is 5.32 Å². The minimum absolute atomic E-state index is 0.231. The predicted molar refractivity (Wildman–Crippen MR) is 73.3 cm³/mol. The Morgan fingerprint density at radius 3 is 3.06 bits per heavy atom. The van der Waals surface area contributed by atoms with Crippen LogP contribution in [0.4, 0.5) is 0 Å². The molecule has 1 aliphatic heterocycles. The molecule has 96 valence electrons. The van der Waals surface area contributed by atoms with Crippen LogP contribution in [-0.4, -0.2) is 34.6 Å². The molecule has 0 spiro atoms. The van der Waals surface area contributed by atoms with Gasteiger partial charge >= 0.3 is 0 Å². The second-order valence-corrected chi connectivity index (χ2v) is 6.55. The molecule has 0 saturated carbocycles. The average Bonchev–Trinajstić information content (AvgIpc) is 2.74. The van der Waals surface area contributed by atoms with Crippen molar-refractivity contribution in [3.05, 3.63) is 16.6 Å². The maximum atomic E-state index is 4.17. The van der Waals surface area contributed by atoms with Crippen LogP contribution in [0.25, 0.3) is 0 Å². The van der Waals surface area contributed by atoms with Gasteiger partial charge in [-0.15, -0.1) is 11.3 Å². The summed E-state index contributed by atoms with van der Waals surface area (Å²) in [7, 11) is 0. The predicted octanol–water partition coefficient (Wildman–Crippen LogP) is 2.50. The number of hydrogen-bond donors (Lipinski definition) is 1. The van der Waals surface area contributed by atoms with Crippen LogP contribution in [0, 0.1) is 0 Å². The van der Waals surface area contributed by atoms with E-state index in [-0.39, 0.29) is 5.54 Å². The summed E-state index contributed by atoms with van der Waals surface area (Å²) in [6.07, 6.45) is 4.54. The average molecular weight is 253 g/mol. The lowest BCUT2D eigenvalue weighted by Crippen LogP contribution is -2.61. The molecular weight excluding hydrogens is 230 g/mol. The summed E-state index contributed by atoms with van der Waals surface area (Å²) in [5.41, 5.74) is 2.16. The van der Waals surface area contributed by atoms with Gasteiger partial charge in [0.1, 0.15) is 0 Å². The van der Waals surface area contributed by atoms with Crippen LogP contribution >= 0.6 is 11.3 Å². The summed E-state index contributed by atoms with van der Waals surface area (Å²) in [5.74, 6) is 0. The fourth-order valence-electron chi connectivity index (χ4n) is 2.54. The van der Waals surface area contributed by atoms with Gasteiger partial charge in [0, 0.05) is 42.3 Å². The van der Waals surface area contributed by atoms with E-state index in [4.69, 9.17) is 0 Å². The summed E-state index contributed by atoms with van der Waals surface area (Å²) in [6, 6.07) is 0.676. The molecule has 1 aromatic heterocycles. The molecule has 1 N–H and O–H groups in total. The second kappa shape index (κ2) is 5.46. The molecule has 2 heterocycles. The third kappa shape index (κ3) is 3.50. The number of aromatic nitrogens is 1. The normalized spacial score (nSPS) is 25.0. The molecule has 3 nitrogen and oxygen atoms in total. The Morgan fingerprint density at radius 2 is 2.41 bits per heavy atom. The van der Waals surface area contributed by atoms with Crippen molar-refractivity contribution in [2.45, 2.75) is 51.7 Å². The van der Waals surface area contributed by atoms with Crippen LogP contribution < -0.4 is 5.32 Å². The maximum absolute atomic E-state index is 4.17. The molecule has 0 radical (unpaired) electrons. The highest BCUT2D eigenvalue weighted by molar-refractivity contribution is 7.09. The minimum Gasteiger partial charge on any atom is -0.309 e. The number of hydrogen-bond acceptors (Lipinski definition) is 4. The molecule has 1 aromatic rings. The first-order valence-corrected chi connectivity index (χ1v) is 7.35. The monoisotopic (exact) mass is 253 g/mol. The quantitative estimate of drug-likeness (QED) is 0.893. The molecule has 0 amide bonds. The summed E-state index contributed by atoms with van der Waals surface area (Å²) in [4.78, 5) is 8.17. The van der Waals surface area contributed by atoms with E-state index in [0.717, 1.165) is 19.6 Å². The summed E-state index contributed by atoms with van der Waals surface area (Å²) >= 11 is 1.76. The van der Waals surface area contributed by atoms with Gasteiger partial charge in [-0.1, -0.05) is 13.3 Å². The van der Waals surface area contributed by atoms with E-state index in [1.807, 2.05) is 11.7 Å². The number of rotatable bonds is 4. The van der Waals surface area contributed by atoms with E-state index in [1.54, 1.807) is 11.3 Å². The van der Waals surface area contributed by atoms with Crippen molar-refractivity contribution in [1.82, 2.24) is 15.2 Å². The van der Waals surface area contributed by atoms with Crippen LogP contribution in [0.3, 0.4) is 0 Å². The van der Waals surface area contributed by atoms with Gasteiger partial charge in [0.2, 0.25) is 0 Å². The Hall–Kier alpha value is -0.450. The van der Waals surface area contributed by atoms with Crippen LogP contribution in [-0.2, 0) is 6.54 Å². The van der Waals surface area contributed by atoms with Crippen LogP contribution in [0.5, 0.6) is 0 Å². The van der Waals surface area contributed by atoms with Crippen molar-refractivity contribution in [3.8, 4) is 0 Å². The fraction of sp³-hybridized carbons (Fsp3) is 0.769. The zero-order valence-electron chi connectivity index (χ0n) is 11.1. The van der Waals surface area contributed by atoms with Gasteiger partial charge in [-0.05, 0) is 20.3 Å². The van der Waals surface area contributed by atoms with Crippen molar-refractivity contribution < 1.29 is 0 Å². The Morgan fingerprint density at radius 1 is 1.59 bits per heavy atom. The first-order valence-electron chi connectivity index (χ1n) is 6.47. The van der Waals surface area contributed by atoms with Gasteiger partial charge in [0.05, 0.1) is 5.51 Å². The molecule has 4 heteroatoms. The summed E-state index contributed by atoms with van der Waals surface area (Å²) in [6.45, 7) is 10.1. The molecule has 1 unspecified atom stereocenters. The first-order chi connectivity index (χ1) is 8.11. The van der Waals surface area contributed by atoms with Gasteiger partial charge in [-0.3, -0.25) is 9.88 Å². The lowest BCUT2D eigenvalue weighted by Gasteiger charge is -2.44. The van der Waals surface area contributed by atoms with Gasteiger partial charge in [0.25, 0.3) is 0 Å². The Balaban J connectivity index is 2.02. The third-order valence-electron chi connectivity index (χ3n) is 3.40. The highest BCUT2D eigenvalue weighted by Crippen LogP contribution is 2.21. The van der Waals surface area contributed by atoms with E-state index >= 15 is 0 Å². The molecule has 0 bridgehead atoms. The van der Waals surface area contributed by atoms with Crippen LogP contribution in [0.2, 0.25) is 0 Å². The Kier molecular flexibility index (Phi) is 4.17. The number of thiazole rings is 1. The molecular formula is C13H23N3S. The highest BCUT2D eigenvalue weighted by Gasteiger charge is 2.31. The lowest BCUT2D eigenvalue weighted by molar-refractivity contribution is 0.0835. The molecule has 1 saturated heterocycles. The maximum Gasteiger partial charge on any atom is 0.0794 e. The molecule has 1 aliphatic rings. The largest absolute Gasteiger partial charge is 0.309 e. The fourth-order valence-corrected chi connectivity index (χ4v) is 3.16. The van der Waals surface area contributed by atoms with Gasteiger partial charge in [-0.2, -0.15) is 0 Å². The highest BCUT2D eigenvalue weighted by atomic mass is 32.1. The molecule has 1 fully saturated rings. The third-order valence-corrected chi connectivity index (χ3v) is 4.16. The van der Waals surface area contributed by atoms with Crippen molar-refractivity contribution in [2.75, 3.05) is 13.1 Å². The van der Waals surface area contributed by atoms with Crippen molar-refractivity contribution >= 4 is 11.3 Å². The molecule has 17 heavy (non-hydrogen) atoms. The molecule has 0 aromatic carbocycles. The topological polar surface area (TPSA) is 28.2 Å². The van der Waals surface area contributed by atoms with Crippen molar-refractivity contribution in [1.29, 1.82) is 0 Å². The van der Waals surface area contributed by atoms with E-state index in [1.165, 1.54) is 17.7 Å². The Bertz CT molecular complexity index is 334. The molecule has 1 atom stereocenters.